The maximum Gasteiger partial charge on any atom is 0.416 e. The molecule has 0 saturated heterocycles. The van der Waals surface area contributed by atoms with Crippen molar-refractivity contribution in [3.8, 4) is 11.3 Å². The molecule has 0 bridgehead atoms. The van der Waals surface area contributed by atoms with E-state index < -0.39 is 11.7 Å². The fourth-order valence-corrected chi connectivity index (χ4v) is 1.91. The first-order valence-electron chi connectivity index (χ1n) is 6.55. The van der Waals surface area contributed by atoms with E-state index in [0.717, 1.165) is 18.3 Å². The van der Waals surface area contributed by atoms with Crippen molar-refractivity contribution in [3.63, 3.8) is 0 Å². The van der Waals surface area contributed by atoms with Crippen LogP contribution < -0.4 is 11.1 Å². The van der Waals surface area contributed by atoms with Crippen molar-refractivity contribution in [1.29, 1.82) is 5.41 Å². The van der Waals surface area contributed by atoms with Gasteiger partial charge in [0.1, 0.15) is 11.5 Å². The molecule has 2 aromatic rings. The Balaban J connectivity index is 2.45. The third-order valence-electron chi connectivity index (χ3n) is 3.04. The molecule has 0 radical (unpaired) electrons. The highest BCUT2D eigenvalue weighted by Gasteiger charge is 2.30. The molecule has 4 N–H and O–H groups in total. The number of benzene rings is 1. The molecule has 0 aliphatic rings. The van der Waals surface area contributed by atoms with E-state index in [1.165, 1.54) is 24.5 Å². The summed E-state index contributed by atoms with van der Waals surface area (Å²) in [4.78, 5) is 8.29. The highest BCUT2D eigenvalue weighted by molar-refractivity contribution is 6.09. The summed E-state index contributed by atoms with van der Waals surface area (Å²) >= 11 is 0. The van der Waals surface area contributed by atoms with Crippen molar-refractivity contribution in [2.45, 2.75) is 6.18 Å². The van der Waals surface area contributed by atoms with Crippen LogP contribution in [0.25, 0.3) is 16.8 Å². The normalized spacial score (nSPS) is 12.1. The van der Waals surface area contributed by atoms with Crippen LogP contribution in [0.15, 0.2) is 36.7 Å². The molecule has 1 aromatic heterocycles. The molecule has 0 aliphatic heterocycles. The van der Waals surface area contributed by atoms with Gasteiger partial charge in [-0.25, -0.2) is 9.97 Å². The van der Waals surface area contributed by atoms with Crippen molar-refractivity contribution < 1.29 is 13.2 Å². The van der Waals surface area contributed by atoms with Gasteiger partial charge in [0.05, 0.1) is 17.5 Å². The predicted molar refractivity (Wildman–Crippen MR) is 82.7 cm³/mol. The van der Waals surface area contributed by atoms with Crippen molar-refractivity contribution in [1.82, 2.24) is 15.3 Å². The number of hydrogen-bond donors (Lipinski definition) is 3. The first kappa shape index (κ1) is 16.5. The number of nitrogens with two attached hydrogens (primary N) is 1. The van der Waals surface area contributed by atoms with E-state index in [4.69, 9.17) is 11.1 Å². The molecule has 0 saturated carbocycles. The van der Waals surface area contributed by atoms with Crippen molar-refractivity contribution in [2.24, 2.45) is 0 Å². The lowest BCUT2D eigenvalue weighted by Gasteiger charge is -2.09. The second-order valence-corrected chi connectivity index (χ2v) is 4.60. The monoisotopic (exact) mass is 321 g/mol. The lowest BCUT2D eigenvalue weighted by Crippen LogP contribution is -2.06. The van der Waals surface area contributed by atoms with Gasteiger partial charge in [0, 0.05) is 30.6 Å². The molecule has 0 aliphatic carbocycles. The van der Waals surface area contributed by atoms with E-state index >= 15 is 0 Å². The molecule has 0 amide bonds. The number of alkyl halides is 3. The lowest BCUT2D eigenvalue weighted by atomic mass is 10.1. The summed E-state index contributed by atoms with van der Waals surface area (Å²) < 4.78 is 37.8. The summed E-state index contributed by atoms with van der Waals surface area (Å²) in [5, 5.41) is 10.2. The van der Waals surface area contributed by atoms with Gasteiger partial charge in [-0.05, 0) is 12.1 Å². The average Bonchev–Trinajstić information content (AvgIpc) is 2.53. The minimum atomic E-state index is -4.39. The Labute approximate surface area is 130 Å². The number of nitrogens with zero attached hydrogens (tertiary/aromatic N) is 2. The Morgan fingerprint density at radius 1 is 1.26 bits per heavy atom. The van der Waals surface area contributed by atoms with Crippen LogP contribution in [0.2, 0.25) is 0 Å². The number of halogens is 3. The summed E-state index contributed by atoms with van der Waals surface area (Å²) in [5.41, 5.74) is 6.56. The van der Waals surface area contributed by atoms with Crippen molar-refractivity contribution in [3.05, 3.63) is 47.9 Å². The van der Waals surface area contributed by atoms with Gasteiger partial charge in [0.15, 0.2) is 0 Å². The molecule has 0 atom stereocenters. The molecule has 120 valence electrons. The zero-order chi connectivity index (χ0) is 17.0. The third-order valence-corrected chi connectivity index (χ3v) is 3.04. The van der Waals surface area contributed by atoms with Crippen LogP contribution in [0.4, 0.5) is 19.0 Å². The Bertz CT molecular complexity index is 736. The molecule has 1 heterocycles. The van der Waals surface area contributed by atoms with E-state index in [0.29, 0.717) is 16.8 Å². The number of rotatable bonds is 4. The number of allylic oxidation sites excluding steroid dienone is 1. The number of aromatic nitrogens is 2. The molecule has 2 rings (SSSR count). The summed E-state index contributed by atoms with van der Waals surface area (Å²) in [6.45, 7) is 0. The second-order valence-electron chi connectivity index (χ2n) is 4.60. The van der Waals surface area contributed by atoms with Crippen LogP contribution in [0.5, 0.6) is 0 Å². The standard InChI is InChI=1S/C15H14F3N5/c1-21-7-10(6-19)13-14(20)22-8-12(23-13)9-2-4-11(5-3-9)15(16,17)18/h2-8,19,21H,1H3,(H2,20,22)/b10-7+,19-6?. The van der Waals surface area contributed by atoms with Gasteiger partial charge in [-0.3, -0.25) is 0 Å². The van der Waals surface area contributed by atoms with Crippen LogP contribution in [-0.4, -0.2) is 23.2 Å². The number of nitrogen functional groups attached to an aromatic ring is 1. The zero-order valence-corrected chi connectivity index (χ0v) is 12.1. The van der Waals surface area contributed by atoms with E-state index in [9.17, 15) is 13.2 Å². The molecule has 23 heavy (non-hydrogen) atoms. The molecule has 5 nitrogen and oxygen atoms in total. The van der Waals surface area contributed by atoms with Crippen LogP contribution in [0.3, 0.4) is 0 Å². The van der Waals surface area contributed by atoms with Gasteiger partial charge >= 0.3 is 6.18 Å². The number of hydrogen-bond acceptors (Lipinski definition) is 5. The first-order valence-corrected chi connectivity index (χ1v) is 6.55. The fraction of sp³-hybridized carbons (Fsp3) is 0.133. The first-order chi connectivity index (χ1) is 10.9. The van der Waals surface area contributed by atoms with Gasteiger partial charge in [0.2, 0.25) is 0 Å². The van der Waals surface area contributed by atoms with Crippen LogP contribution >= 0.6 is 0 Å². The third kappa shape index (κ3) is 3.65. The topological polar surface area (TPSA) is 87.7 Å². The van der Waals surface area contributed by atoms with Gasteiger partial charge in [-0.15, -0.1) is 0 Å². The lowest BCUT2D eigenvalue weighted by molar-refractivity contribution is -0.137. The Hall–Kier alpha value is -2.90. The quantitative estimate of drug-likeness (QED) is 0.756. The summed E-state index contributed by atoms with van der Waals surface area (Å²) in [6, 6.07) is 4.60. The van der Waals surface area contributed by atoms with Crippen LogP contribution in [0.1, 0.15) is 11.3 Å². The molecular weight excluding hydrogens is 307 g/mol. The smallest absolute Gasteiger partial charge is 0.393 e. The van der Waals surface area contributed by atoms with E-state index in [1.54, 1.807) is 7.05 Å². The maximum atomic E-state index is 12.6. The molecule has 1 aromatic carbocycles. The van der Waals surface area contributed by atoms with Crippen LogP contribution in [0, 0.1) is 5.41 Å². The molecule has 8 heteroatoms. The number of nitrogens with one attached hydrogen (secondary N) is 2. The molecular formula is C15H14F3N5. The highest BCUT2D eigenvalue weighted by atomic mass is 19.4. The van der Waals surface area contributed by atoms with Gasteiger partial charge in [-0.2, -0.15) is 13.2 Å². The fourth-order valence-electron chi connectivity index (χ4n) is 1.91. The van der Waals surface area contributed by atoms with Gasteiger partial charge in [-0.1, -0.05) is 12.1 Å². The Kier molecular flexibility index (Phi) is 4.63. The van der Waals surface area contributed by atoms with E-state index in [1.807, 2.05) is 0 Å². The highest BCUT2D eigenvalue weighted by Crippen LogP contribution is 2.31. The SMILES string of the molecule is CN/C=C(\C=N)c1nc(-c2ccc(C(F)(F)F)cc2)cnc1N. The zero-order valence-electron chi connectivity index (χ0n) is 12.1. The summed E-state index contributed by atoms with van der Waals surface area (Å²) in [7, 11) is 1.66. The largest absolute Gasteiger partial charge is 0.416 e. The molecule has 0 fully saturated rings. The van der Waals surface area contributed by atoms with Crippen molar-refractivity contribution in [2.75, 3.05) is 12.8 Å². The van der Waals surface area contributed by atoms with E-state index in [-0.39, 0.29) is 11.5 Å². The van der Waals surface area contributed by atoms with E-state index in [2.05, 4.69) is 15.3 Å². The van der Waals surface area contributed by atoms with Gasteiger partial charge < -0.3 is 16.5 Å². The second kappa shape index (κ2) is 6.47. The summed E-state index contributed by atoms with van der Waals surface area (Å²) in [6.07, 6.45) is -0.418. The predicted octanol–water partition coefficient (Wildman–Crippen LogP) is 2.95. The minimum absolute atomic E-state index is 0.130. The minimum Gasteiger partial charge on any atom is -0.393 e. The molecule has 0 spiro atoms. The van der Waals surface area contributed by atoms with Crippen molar-refractivity contribution >= 4 is 17.6 Å². The molecule has 0 unspecified atom stereocenters. The van der Waals surface area contributed by atoms with Gasteiger partial charge in [0.25, 0.3) is 0 Å². The Morgan fingerprint density at radius 2 is 1.91 bits per heavy atom. The van der Waals surface area contributed by atoms with Crippen LogP contribution in [-0.2, 0) is 6.18 Å². The maximum absolute atomic E-state index is 12.6. The summed E-state index contributed by atoms with van der Waals surface area (Å²) in [5.74, 6) is 0.130. The average molecular weight is 321 g/mol. The number of anilines is 1. The Morgan fingerprint density at radius 3 is 2.43 bits per heavy atom.